The van der Waals surface area contributed by atoms with Crippen LogP contribution < -0.4 is 0 Å². The second-order valence-electron chi connectivity index (χ2n) is 8.35. The van der Waals surface area contributed by atoms with Crippen molar-refractivity contribution in [1.82, 2.24) is 0 Å². The molecule has 0 aliphatic heterocycles. The van der Waals surface area contributed by atoms with Crippen LogP contribution in [0.1, 0.15) is 68.2 Å². The summed E-state index contributed by atoms with van der Waals surface area (Å²) >= 11 is 5.82. The molecule has 0 saturated carbocycles. The Kier molecular flexibility index (Phi) is 5.29. The first-order valence-electron chi connectivity index (χ1n) is 6.44. The molecule has 0 fully saturated rings. The SMILES string of the molecule is CC(C)(C)CC(C(=O)Cl)C(C)(C)CC(C)(C)C. The third kappa shape index (κ3) is 7.08. The van der Waals surface area contributed by atoms with Gasteiger partial charge in [0.05, 0.1) is 0 Å². The van der Waals surface area contributed by atoms with Crippen molar-refractivity contribution in [2.45, 2.75) is 68.2 Å². The summed E-state index contributed by atoms with van der Waals surface area (Å²) in [6.07, 6.45) is 1.84. The third-order valence-electron chi connectivity index (χ3n) is 3.02. The van der Waals surface area contributed by atoms with Gasteiger partial charge in [0.2, 0.25) is 5.24 Å². The number of rotatable bonds is 4. The topological polar surface area (TPSA) is 17.1 Å². The number of carbonyl (C=O) groups is 1. The van der Waals surface area contributed by atoms with Crippen LogP contribution in [0.5, 0.6) is 0 Å². The Balaban J connectivity index is 4.99. The molecule has 0 amide bonds. The van der Waals surface area contributed by atoms with Crippen LogP contribution in [0, 0.1) is 22.2 Å². The van der Waals surface area contributed by atoms with Crippen molar-refractivity contribution in [3.63, 3.8) is 0 Å². The van der Waals surface area contributed by atoms with Crippen LogP contribution in [-0.2, 0) is 4.79 Å². The van der Waals surface area contributed by atoms with Gasteiger partial charge in [0.25, 0.3) is 0 Å². The molecule has 0 aromatic carbocycles. The Hall–Kier alpha value is -0.0400. The first-order chi connectivity index (χ1) is 7.25. The van der Waals surface area contributed by atoms with Crippen LogP contribution in [0.3, 0.4) is 0 Å². The zero-order chi connectivity index (χ0) is 14.1. The highest BCUT2D eigenvalue weighted by atomic mass is 35.5. The van der Waals surface area contributed by atoms with Crippen LogP contribution in [-0.4, -0.2) is 5.24 Å². The van der Waals surface area contributed by atoms with E-state index in [9.17, 15) is 4.79 Å². The fraction of sp³-hybridized carbons (Fsp3) is 0.933. The van der Waals surface area contributed by atoms with Gasteiger partial charge in [-0.1, -0.05) is 55.4 Å². The first-order valence-corrected chi connectivity index (χ1v) is 6.82. The van der Waals surface area contributed by atoms with E-state index in [0.29, 0.717) is 0 Å². The van der Waals surface area contributed by atoms with Gasteiger partial charge >= 0.3 is 0 Å². The van der Waals surface area contributed by atoms with Crippen molar-refractivity contribution in [2.75, 3.05) is 0 Å². The van der Waals surface area contributed by atoms with Crippen molar-refractivity contribution >= 4 is 16.8 Å². The van der Waals surface area contributed by atoms with Gasteiger partial charge in [-0.3, -0.25) is 4.79 Å². The van der Waals surface area contributed by atoms with E-state index in [4.69, 9.17) is 11.6 Å². The van der Waals surface area contributed by atoms with E-state index in [1.54, 1.807) is 0 Å². The van der Waals surface area contributed by atoms with Crippen molar-refractivity contribution < 1.29 is 4.79 Å². The van der Waals surface area contributed by atoms with E-state index >= 15 is 0 Å². The van der Waals surface area contributed by atoms with Crippen molar-refractivity contribution in [2.24, 2.45) is 22.2 Å². The second kappa shape index (κ2) is 5.30. The summed E-state index contributed by atoms with van der Waals surface area (Å²) < 4.78 is 0. The lowest BCUT2D eigenvalue weighted by Crippen LogP contribution is -2.35. The Morgan fingerprint density at radius 1 is 0.941 bits per heavy atom. The number of hydrogen-bond acceptors (Lipinski definition) is 1. The van der Waals surface area contributed by atoms with Crippen molar-refractivity contribution in [3.8, 4) is 0 Å². The summed E-state index contributed by atoms with van der Waals surface area (Å²) in [5.74, 6) is -0.0663. The lowest BCUT2D eigenvalue weighted by molar-refractivity contribution is -0.120. The van der Waals surface area contributed by atoms with E-state index in [0.717, 1.165) is 12.8 Å². The minimum Gasteiger partial charge on any atom is -0.281 e. The molecule has 1 nitrogen and oxygen atoms in total. The van der Waals surface area contributed by atoms with Crippen LogP contribution in [0.15, 0.2) is 0 Å². The molecule has 0 aromatic rings. The van der Waals surface area contributed by atoms with Gasteiger partial charge in [-0.15, -0.1) is 0 Å². The summed E-state index contributed by atoms with van der Waals surface area (Å²) in [7, 11) is 0. The quantitative estimate of drug-likeness (QED) is 0.630. The Labute approximate surface area is 112 Å². The summed E-state index contributed by atoms with van der Waals surface area (Å²) in [5, 5.41) is -0.186. The largest absolute Gasteiger partial charge is 0.281 e. The molecule has 0 saturated heterocycles. The third-order valence-corrected chi connectivity index (χ3v) is 3.28. The van der Waals surface area contributed by atoms with Gasteiger partial charge in [-0.2, -0.15) is 0 Å². The predicted molar refractivity (Wildman–Crippen MR) is 76.3 cm³/mol. The number of carbonyl (C=O) groups excluding carboxylic acids is 1. The Morgan fingerprint density at radius 2 is 1.35 bits per heavy atom. The molecule has 0 aliphatic rings. The molecule has 0 aliphatic carbocycles. The van der Waals surface area contributed by atoms with Gasteiger partial charge in [0.1, 0.15) is 0 Å². The maximum Gasteiger partial charge on any atom is 0.225 e. The molecule has 17 heavy (non-hydrogen) atoms. The molecule has 1 atom stereocenters. The lowest BCUT2D eigenvalue weighted by atomic mass is 9.65. The van der Waals surface area contributed by atoms with Crippen LogP contribution in [0.25, 0.3) is 0 Å². The summed E-state index contributed by atoms with van der Waals surface area (Å²) in [5.41, 5.74) is 0.292. The van der Waals surface area contributed by atoms with Gasteiger partial charge < -0.3 is 0 Å². The molecular formula is C15H29ClO. The zero-order valence-corrected chi connectivity index (χ0v) is 13.5. The molecule has 0 rings (SSSR count). The molecule has 0 radical (unpaired) electrons. The maximum atomic E-state index is 11.7. The average Bonchev–Trinajstić information content (AvgIpc) is 1.92. The Bertz CT molecular complexity index is 266. The zero-order valence-electron chi connectivity index (χ0n) is 12.8. The molecular weight excluding hydrogens is 232 g/mol. The van der Waals surface area contributed by atoms with E-state index in [1.165, 1.54) is 0 Å². The molecule has 0 bridgehead atoms. The maximum absolute atomic E-state index is 11.7. The molecule has 1 unspecified atom stereocenters. The Morgan fingerprint density at radius 3 is 1.59 bits per heavy atom. The molecule has 0 aromatic heterocycles. The monoisotopic (exact) mass is 260 g/mol. The highest BCUT2D eigenvalue weighted by molar-refractivity contribution is 6.64. The second-order valence-corrected chi connectivity index (χ2v) is 8.72. The van der Waals surface area contributed by atoms with Crippen LogP contribution in [0.2, 0.25) is 0 Å². The van der Waals surface area contributed by atoms with Crippen LogP contribution in [0.4, 0.5) is 0 Å². The smallest absolute Gasteiger partial charge is 0.225 e. The molecule has 0 spiro atoms. The molecule has 102 valence electrons. The normalized spacial score (nSPS) is 15.8. The average molecular weight is 261 g/mol. The molecule has 0 N–H and O–H groups in total. The minimum atomic E-state index is -0.186. The van der Waals surface area contributed by atoms with E-state index < -0.39 is 0 Å². The summed E-state index contributed by atoms with van der Waals surface area (Å²) in [4.78, 5) is 11.7. The lowest BCUT2D eigenvalue weighted by Gasteiger charge is -2.40. The first kappa shape index (κ1) is 17.0. The fourth-order valence-electron chi connectivity index (χ4n) is 2.77. The highest BCUT2D eigenvalue weighted by Crippen LogP contribution is 2.44. The summed E-state index contributed by atoms with van der Waals surface area (Å²) in [6, 6.07) is 0. The van der Waals surface area contributed by atoms with Crippen molar-refractivity contribution in [3.05, 3.63) is 0 Å². The number of halogens is 1. The fourth-order valence-corrected chi connectivity index (χ4v) is 3.14. The van der Waals surface area contributed by atoms with E-state index in [1.807, 2.05) is 0 Å². The van der Waals surface area contributed by atoms with Crippen molar-refractivity contribution in [1.29, 1.82) is 0 Å². The van der Waals surface area contributed by atoms with Gasteiger partial charge in [0, 0.05) is 5.92 Å². The number of hydrogen-bond donors (Lipinski definition) is 0. The van der Waals surface area contributed by atoms with Gasteiger partial charge in [-0.25, -0.2) is 0 Å². The standard InChI is InChI=1S/C15H29ClO/c1-13(2,3)9-11(12(16)17)15(7,8)10-14(4,5)6/h11H,9-10H2,1-8H3. The van der Waals surface area contributed by atoms with Crippen LogP contribution >= 0.6 is 11.6 Å². The van der Waals surface area contributed by atoms with E-state index in [-0.39, 0.29) is 27.4 Å². The van der Waals surface area contributed by atoms with Gasteiger partial charge in [-0.05, 0) is 40.7 Å². The highest BCUT2D eigenvalue weighted by Gasteiger charge is 2.39. The molecule has 0 heterocycles. The van der Waals surface area contributed by atoms with E-state index in [2.05, 4.69) is 55.4 Å². The molecule has 2 heteroatoms. The summed E-state index contributed by atoms with van der Waals surface area (Å²) in [6.45, 7) is 17.4. The minimum absolute atomic E-state index is 0.0512. The van der Waals surface area contributed by atoms with Gasteiger partial charge in [0.15, 0.2) is 0 Å². The predicted octanol–water partition coefficient (Wildman–Crippen LogP) is 5.27.